The summed E-state index contributed by atoms with van der Waals surface area (Å²) in [7, 11) is 0. The molecule has 102 valence electrons. The maximum absolute atomic E-state index is 4.60. The highest BCUT2D eigenvalue weighted by Gasteiger charge is 2.10. The first kappa shape index (κ1) is 13.8. The largest absolute Gasteiger partial charge is 0.354 e. The fourth-order valence-corrected chi connectivity index (χ4v) is 4.04. The minimum Gasteiger partial charge on any atom is -0.354 e. The Morgan fingerprint density at radius 2 is 2.15 bits per heavy atom. The predicted octanol–water partition coefficient (Wildman–Crippen LogP) is 4.43. The molecule has 0 bridgehead atoms. The smallest absolute Gasteiger partial charge is 0.223 e. The number of halogens is 1. The van der Waals surface area contributed by atoms with Gasteiger partial charge in [0.25, 0.3) is 0 Å². The van der Waals surface area contributed by atoms with Gasteiger partial charge in [-0.1, -0.05) is 12.1 Å². The Morgan fingerprint density at radius 1 is 1.30 bits per heavy atom. The molecule has 20 heavy (non-hydrogen) atoms. The van der Waals surface area contributed by atoms with Crippen molar-refractivity contribution in [1.29, 1.82) is 0 Å². The molecule has 0 amide bonds. The van der Waals surface area contributed by atoms with Gasteiger partial charge in [-0.05, 0) is 46.7 Å². The molecule has 0 saturated heterocycles. The molecule has 0 radical (unpaired) electrons. The van der Waals surface area contributed by atoms with Gasteiger partial charge in [0.05, 0.1) is 14.7 Å². The van der Waals surface area contributed by atoms with Gasteiger partial charge >= 0.3 is 0 Å². The normalized spacial score (nSPS) is 10.9. The van der Waals surface area contributed by atoms with Crippen LogP contribution in [0.1, 0.15) is 6.92 Å². The van der Waals surface area contributed by atoms with E-state index in [1.807, 2.05) is 25.1 Å². The molecule has 0 saturated carbocycles. The van der Waals surface area contributed by atoms with E-state index in [0.717, 1.165) is 25.9 Å². The Kier molecular flexibility index (Phi) is 4.18. The number of para-hydroxylation sites is 1. The van der Waals surface area contributed by atoms with Gasteiger partial charge in [-0.2, -0.15) is 0 Å². The molecule has 2 heterocycles. The Labute approximate surface area is 133 Å². The predicted molar refractivity (Wildman–Crippen MR) is 87.6 cm³/mol. The highest BCUT2D eigenvalue weighted by atomic mass is 79.9. The van der Waals surface area contributed by atoms with E-state index >= 15 is 0 Å². The molecular formula is C13H11BrN4S2. The van der Waals surface area contributed by atoms with Crippen molar-refractivity contribution in [1.82, 2.24) is 15.0 Å². The summed E-state index contributed by atoms with van der Waals surface area (Å²) in [5, 5.41) is 3.98. The van der Waals surface area contributed by atoms with Crippen molar-refractivity contribution in [3.05, 3.63) is 34.9 Å². The summed E-state index contributed by atoms with van der Waals surface area (Å²) in [6.07, 6.45) is 1.76. The maximum atomic E-state index is 4.60. The van der Waals surface area contributed by atoms with Gasteiger partial charge in [-0.25, -0.2) is 15.0 Å². The number of hydrogen-bond donors (Lipinski definition) is 1. The molecule has 3 rings (SSSR count). The second kappa shape index (κ2) is 6.07. The van der Waals surface area contributed by atoms with Gasteiger partial charge in [0.15, 0.2) is 4.34 Å². The summed E-state index contributed by atoms with van der Waals surface area (Å²) in [6.45, 7) is 2.82. The number of nitrogens with zero attached hydrogens (tertiary/aromatic N) is 3. The second-order valence-electron chi connectivity index (χ2n) is 3.93. The quantitative estimate of drug-likeness (QED) is 0.692. The van der Waals surface area contributed by atoms with E-state index in [4.69, 9.17) is 0 Å². The van der Waals surface area contributed by atoms with Gasteiger partial charge < -0.3 is 5.32 Å². The Bertz CT molecular complexity index is 711. The number of anilines is 1. The summed E-state index contributed by atoms with van der Waals surface area (Å²) < 4.78 is 3.04. The second-order valence-corrected chi connectivity index (χ2v) is 7.05. The van der Waals surface area contributed by atoms with Crippen LogP contribution in [0.25, 0.3) is 10.2 Å². The molecule has 1 aromatic carbocycles. The summed E-state index contributed by atoms with van der Waals surface area (Å²) in [4.78, 5) is 13.3. The van der Waals surface area contributed by atoms with Crippen LogP contribution in [0.4, 0.5) is 5.95 Å². The van der Waals surface area contributed by atoms with Crippen LogP contribution >= 0.6 is 39.0 Å². The van der Waals surface area contributed by atoms with Gasteiger partial charge in [0.1, 0.15) is 5.03 Å². The fourth-order valence-electron chi connectivity index (χ4n) is 1.64. The molecule has 1 N–H and O–H groups in total. The molecule has 3 aromatic rings. The van der Waals surface area contributed by atoms with Crippen LogP contribution in [0.3, 0.4) is 0 Å². The number of benzene rings is 1. The lowest BCUT2D eigenvalue weighted by molar-refractivity contribution is 0.998. The van der Waals surface area contributed by atoms with E-state index in [9.17, 15) is 0 Å². The standard InChI is InChI=1S/C13H11BrN4S2/c1-2-15-12-16-7-8(14)11(18-12)20-13-17-9-5-3-4-6-10(9)19-13/h3-7H,2H2,1H3,(H,15,16,18). The SMILES string of the molecule is CCNc1ncc(Br)c(Sc2nc3ccccc3s2)n1. The number of nitrogens with one attached hydrogen (secondary N) is 1. The first-order chi connectivity index (χ1) is 9.76. The molecule has 0 aliphatic rings. The van der Waals surface area contributed by atoms with Crippen molar-refractivity contribution in [3.8, 4) is 0 Å². The third-order valence-electron chi connectivity index (χ3n) is 2.51. The zero-order valence-electron chi connectivity index (χ0n) is 10.6. The summed E-state index contributed by atoms with van der Waals surface area (Å²) in [5.41, 5.74) is 1.03. The van der Waals surface area contributed by atoms with Crippen LogP contribution in [0.15, 0.2) is 44.3 Å². The molecule has 0 aliphatic carbocycles. The van der Waals surface area contributed by atoms with Crippen LogP contribution < -0.4 is 5.32 Å². The number of thiazole rings is 1. The zero-order chi connectivity index (χ0) is 13.9. The molecule has 0 unspecified atom stereocenters. The number of aromatic nitrogens is 3. The first-order valence-corrected chi connectivity index (χ1v) is 8.48. The average Bonchev–Trinajstić information content (AvgIpc) is 2.85. The van der Waals surface area contributed by atoms with E-state index in [0.29, 0.717) is 5.95 Å². The highest BCUT2D eigenvalue weighted by molar-refractivity contribution is 9.10. The Hall–Kier alpha value is -1.18. The van der Waals surface area contributed by atoms with Crippen LogP contribution in [-0.2, 0) is 0 Å². The van der Waals surface area contributed by atoms with E-state index in [-0.39, 0.29) is 0 Å². The lowest BCUT2D eigenvalue weighted by Crippen LogP contribution is -2.02. The zero-order valence-corrected chi connectivity index (χ0v) is 13.8. The topological polar surface area (TPSA) is 50.7 Å². The summed E-state index contributed by atoms with van der Waals surface area (Å²) >= 11 is 6.71. The van der Waals surface area contributed by atoms with E-state index in [1.165, 1.54) is 4.70 Å². The van der Waals surface area contributed by atoms with E-state index < -0.39 is 0 Å². The lowest BCUT2D eigenvalue weighted by Gasteiger charge is -2.04. The number of hydrogen-bond acceptors (Lipinski definition) is 6. The van der Waals surface area contributed by atoms with Crippen molar-refractivity contribution in [2.75, 3.05) is 11.9 Å². The molecule has 2 aromatic heterocycles. The summed E-state index contributed by atoms with van der Waals surface area (Å²) in [6, 6.07) is 8.13. The monoisotopic (exact) mass is 366 g/mol. The molecule has 7 heteroatoms. The van der Waals surface area contributed by atoms with E-state index in [1.54, 1.807) is 29.3 Å². The third kappa shape index (κ3) is 2.94. The van der Waals surface area contributed by atoms with Crippen LogP contribution in [-0.4, -0.2) is 21.5 Å². The maximum Gasteiger partial charge on any atom is 0.223 e. The molecule has 0 atom stereocenters. The van der Waals surface area contributed by atoms with Crippen LogP contribution in [0, 0.1) is 0 Å². The molecule has 0 spiro atoms. The van der Waals surface area contributed by atoms with Gasteiger partial charge in [0.2, 0.25) is 5.95 Å². The molecule has 0 fully saturated rings. The van der Waals surface area contributed by atoms with Crippen molar-refractivity contribution >= 4 is 55.2 Å². The molecule has 4 nitrogen and oxygen atoms in total. The minimum absolute atomic E-state index is 0.638. The van der Waals surface area contributed by atoms with Crippen molar-refractivity contribution < 1.29 is 0 Å². The number of fused-ring (bicyclic) bond motifs is 1. The molecular weight excluding hydrogens is 356 g/mol. The summed E-state index contributed by atoms with van der Waals surface area (Å²) in [5.74, 6) is 0.638. The average molecular weight is 367 g/mol. The van der Waals surface area contributed by atoms with Gasteiger partial charge in [0, 0.05) is 12.7 Å². The van der Waals surface area contributed by atoms with E-state index in [2.05, 4.69) is 42.3 Å². The Morgan fingerprint density at radius 3 is 2.95 bits per heavy atom. The lowest BCUT2D eigenvalue weighted by atomic mass is 10.3. The van der Waals surface area contributed by atoms with Crippen molar-refractivity contribution in [2.45, 2.75) is 16.3 Å². The fraction of sp³-hybridized carbons (Fsp3) is 0.154. The van der Waals surface area contributed by atoms with Crippen LogP contribution in [0.5, 0.6) is 0 Å². The van der Waals surface area contributed by atoms with Gasteiger partial charge in [-0.3, -0.25) is 0 Å². The highest BCUT2D eigenvalue weighted by Crippen LogP contribution is 2.36. The first-order valence-electron chi connectivity index (χ1n) is 6.06. The third-order valence-corrected chi connectivity index (χ3v) is 5.45. The van der Waals surface area contributed by atoms with Gasteiger partial charge in [-0.15, -0.1) is 11.3 Å². The van der Waals surface area contributed by atoms with Crippen LogP contribution in [0.2, 0.25) is 0 Å². The van der Waals surface area contributed by atoms with Crippen molar-refractivity contribution in [3.63, 3.8) is 0 Å². The molecule has 0 aliphatic heterocycles. The number of rotatable bonds is 4. The van der Waals surface area contributed by atoms with Crippen molar-refractivity contribution in [2.24, 2.45) is 0 Å². The minimum atomic E-state index is 0.638. The Balaban J connectivity index is 1.91.